The lowest BCUT2D eigenvalue weighted by Crippen LogP contribution is -2.31. The molecule has 1 saturated heterocycles. The van der Waals surface area contributed by atoms with Crippen LogP contribution in [0, 0.1) is 6.92 Å². The van der Waals surface area contributed by atoms with E-state index in [-0.39, 0.29) is 5.91 Å². The highest BCUT2D eigenvalue weighted by atomic mass is 16.1. The van der Waals surface area contributed by atoms with Crippen LogP contribution >= 0.6 is 0 Å². The van der Waals surface area contributed by atoms with Crippen molar-refractivity contribution in [1.29, 1.82) is 0 Å². The number of anilines is 2. The van der Waals surface area contributed by atoms with E-state index in [1.165, 1.54) is 6.42 Å². The van der Waals surface area contributed by atoms with Gasteiger partial charge in [0.15, 0.2) is 5.82 Å². The number of aromatic nitrogens is 6. The van der Waals surface area contributed by atoms with Crippen LogP contribution in [0.3, 0.4) is 0 Å². The van der Waals surface area contributed by atoms with Crippen molar-refractivity contribution in [3.63, 3.8) is 0 Å². The fraction of sp³-hybridized carbons (Fsp3) is 0.222. The van der Waals surface area contributed by atoms with Gasteiger partial charge in [-0.25, -0.2) is 9.78 Å². The fourth-order valence-corrected chi connectivity index (χ4v) is 4.67. The van der Waals surface area contributed by atoms with Crippen molar-refractivity contribution in [3.8, 4) is 17.1 Å². The highest BCUT2D eigenvalue weighted by Gasteiger charge is 2.20. The summed E-state index contributed by atoms with van der Waals surface area (Å²) in [6.07, 6.45) is 5.46. The van der Waals surface area contributed by atoms with Crippen LogP contribution in [0.1, 0.15) is 35.2 Å². The first kappa shape index (κ1) is 22.0. The summed E-state index contributed by atoms with van der Waals surface area (Å²) in [4.78, 5) is 15.8. The van der Waals surface area contributed by atoms with Crippen molar-refractivity contribution >= 4 is 28.2 Å². The van der Waals surface area contributed by atoms with Crippen LogP contribution in [0.25, 0.3) is 28.0 Å². The maximum absolute atomic E-state index is 13.5. The number of hydrogen-bond acceptors (Lipinski definition) is 6. The first-order chi connectivity index (χ1) is 17.6. The Morgan fingerprint density at radius 3 is 2.58 bits per heavy atom. The Morgan fingerprint density at radius 1 is 0.972 bits per heavy atom. The Hall–Kier alpha value is -4.53. The number of carbonyl (C=O) groups excluding carboxylic acids is 1. The first-order valence-electron chi connectivity index (χ1n) is 12.1. The van der Waals surface area contributed by atoms with E-state index < -0.39 is 0 Å². The van der Waals surface area contributed by atoms with Gasteiger partial charge in [0.2, 0.25) is 0 Å². The Labute approximate surface area is 208 Å². The SMILES string of the molecule is Cc1ccc(NC(=O)c2cc(-n3cc4ccc(-c5nnn[nH]5)cc4n3)ccc2N2CCCCC2)cc1. The number of amides is 1. The second-order valence-electron chi connectivity index (χ2n) is 9.17. The summed E-state index contributed by atoms with van der Waals surface area (Å²) >= 11 is 0. The Balaban J connectivity index is 1.37. The van der Waals surface area contributed by atoms with Crippen LogP contribution in [0.2, 0.25) is 0 Å². The molecule has 180 valence electrons. The van der Waals surface area contributed by atoms with Gasteiger partial charge >= 0.3 is 0 Å². The van der Waals surface area contributed by atoms with Crippen LogP contribution in [-0.2, 0) is 0 Å². The molecule has 0 bridgehead atoms. The van der Waals surface area contributed by atoms with E-state index in [0.29, 0.717) is 11.4 Å². The van der Waals surface area contributed by atoms with Crippen molar-refractivity contribution in [1.82, 2.24) is 30.4 Å². The van der Waals surface area contributed by atoms with E-state index in [0.717, 1.165) is 65.0 Å². The van der Waals surface area contributed by atoms with E-state index in [1.54, 1.807) is 0 Å². The normalized spacial score (nSPS) is 13.8. The Bertz CT molecular complexity index is 1520. The molecule has 1 aliphatic rings. The van der Waals surface area contributed by atoms with Crippen molar-refractivity contribution in [2.75, 3.05) is 23.3 Å². The van der Waals surface area contributed by atoms with E-state index in [1.807, 2.05) is 78.5 Å². The second-order valence-corrected chi connectivity index (χ2v) is 9.17. The lowest BCUT2D eigenvalue weighted by atomic mass is 10.1. The van der Waals surface area contributed by atoms with E-state index in [2.05, 4.69) is 30.8 Å². The Kier molecular flexibility index (Phi) is 5.65. The molecule has 9 heteroatoms. The number of rotatable bonds is 5. The van der Waals surface area contributed by atoms with E-state index >= 15 is 0 Å². The highest BCUT2D eigenvalue weighted by Crippen LogP contribution is 2.29. The lowest BCUT2D eigenvalue weighted by Gasteiger charge is -2.30. The predicted octanol–water partition coefficient (Wildman–Crippen LogP) is 4.76. The van der Waals surface area contributed by atoms with Gasteiger partial charge in [-0.3, -0.25) is 4.79 Å². The molecule has 5 aromatic rings. The molecule has 3 aromatic carbocycles. The van der Waals surface area contributed by atoms with Gasteiger partial charge in [-0.15, -0.1) is 5.10 Å². The minimum Gasteiger partial charge on any atom is -0.371 e. The molecule has 0 spiro atoms. The Morgan fingerprint density at radius 2 is 1.81 bits per heavy atom. The van der Waals surface area contributed by atoms with Crippen LogP contribution in [0.4, 0.5) is 11.4 Å². The van der Waals surface area contributed by atoms with Crippen LogP contribution in [0.15, 0.2) is 66.9 Å². The number of fused-ring (bicyclic) bond motifs is 1. The maximum atomic E-state index is 13.5. The maximum Gasteiger partial charge on any atom is 0.257 e. The standard InChI is InChI=1S/C27H26N8O/c1-18-5-9-21(10-6-18)28-27(36)23-16-22(11-12-25(23)34-13-3-2-4-14-34)35-17-20-8-7-19(15-24(20)31-35)26-29-32-33-30-26/h5-12,15-17H,2-4,13-14H2,1H3,(H,28,36)(H,29,30,32,33). The molecule has 9 nitrogen and oxygen atoms in total. The molecule has 3 heterocycles. The molecule has 2 N–H and O–H groups in total. The topological polar surface area (TPSA) is 105 Å². The summed E-state index contributed by atoms with van der Waals surface area (Å²) in [5, 5.41) is 22.9. The minimum absolute atomic E-state index is 0.127. The number of piperidine rings is 1. The van der Waals surface area contributed by atoms with Crippen molar-refractivity contribution in [3.05, 3.63) is 78.0 Å². The zero-order valence-electron chi connectivity index (χ0n) is 20.0. The average molecular weight is 479 g/mol. The van der Waals surface area contributed by atoms with Gasteiger partial charge in [-0.1, -0.05) is 29.8 Å². The van der Waals surface area contributed by atoms with E-state index in [9.17, 15) is 4.79 Å². The molecule has 36 heavy (non-hydrogen) atoms. The van der Waals surface area contributed by atoms with Crippen molar-refractivity contribution in [2.45, 2.75) is 26.2 Å². The summed E-state index contributed by atoms with van der Waals surface area (Å²) in [7, 11) is 0. The number of nitrogens with zero attached hydrogens (tertiary/aromatic N) is 6. The van der Waals surface area contributed by atoms with Crippen LogP contribution < -0.4 is 10.2 Å². The van der Waals surface area contributed by atoms with Gasteiger partial charge in [-0.2, -0.15) is 5.10 Å². The summed E-state index contributed by atoms with van der Waals surface area (Å²) in [5.74, 6) is 0.463. The smallest absolute Gasteiger partial charge is 0.257 e. The lowest BCUT2D eigenvalue weighted by molar-refractivity contribution is 0.102. The molecular formula is C27H26N8O. The number of carbonyl (C=O) groups is 1. The minimum atomic E-state index is -0.127. The highest BCUT2D eigenvalue weighted by molar-refractivity contribution is 6.08. The third kappa shape index (κ3) is 4.31. The summed E-state index contributed by atoms with van der Waals surface area (Å²) in [6, 6.07) is 19.7. The molecule has 0 aliphatic carbocycles. The third-order valence-electron chi connectivity index (χ3n) is 6.62. The predicted molar refractivity (Wildman–Crippen MR) is 139 cm³/mol. The van der Waals surface area contributed by atoms with Gasteiger partial charge < -0.3 is 10.2 Å². The van der Waals surface area contributed by atoms with Gasteiger partial charge in [0, 0.05) is 41.6 Å². The molecule has 1 amide bonds. The quantitative estimate of drug-likeness (QED) is 0.378. The van der Waals surface area contributed by atoms with Gasteiger partial charge in [0.05, 0.1) is 16.8 Å². The van der Waals surface area contributed by atoms with Crippen molar-refractivity contribution in [2.24, 2.45) is 0 Å². The van der Waals surface area contributed by atoms with E-state index in [4.69, 9.17) is 5.10 Å². The fourth-order valence-electron chi connectivity index (χ4n) is 4.67. The molecule has 0 atom stereocenters. The summed E-state index contributed by atoms with van der Waals surface area (Å²) in [6.45, 7) is 3.94. The number of aromatic amines is 1. The molecule has 0 unspecified atom stereocenters. The van der Waals surface area contributed by atoms with Crippen LogP contribution in [0.5, 0.6) is 0 Å². The molecule has 6 rings (SSSR count). The molecule has 0 radical (unpaired) electrons. The number of H-pyrrole nitrogens is 1. The molecular weight excluding hydrogens is 452 g/mol. The number of nitrogens with one attached hydrogen (secondary N) is 2. The van der Waals surface area contributed by atoms with Gasteiger partial charge in [0.1, 0.15) is 0 Å². The zero-order chi connectivity index (χ0) is 24.5. The van der Waals surface area contributed by atoms with Crippen LogP contribution in [-0.4, -0.2) is 49.4 Å². The number of aryl methyl sites for hydroxylation is 1. The second kappa shape index (κ2) is 9.26. The number of benzene rings is 3. The molecule has 2 aromatic heterocycles. The zero-order valence-corrected chi connectivity index (χ0v) is 20.0. The monoisotopic (exact) mass is 478 g/mol. The molecule has 1 aliphatic heterocycles. The average Bonchev–Trinajstić information content (AvgIpc) is 3.60. The summed E-state index contributed by atoms with van der Waals surface area (Å²) in [5.41, 5.74) is 6.02. The largest absolute Gasteiger partial charge is 0.371 e. The van der Waals surface area contributed by atoms with Gasteiger partial charge in [-0.05, 0) is 73.0 Å². The number of hydrogen-bond donors (Lipinski definition) is 2. The summed E-state index contributed by atoms with van der Waals surface area (Å²) < 4.78 is 1.82. The third-order valence-corrected chi connectivity index (χ3v) is 6.62. The van der Waals surface area contributed by atoms with Crippen molar-refractivity contribution < 1.29 is 4.79 Å². The first-order valence-corrected chi connectivity index (χ1v) is 12.1. The molecule has 0 saturated carbocycles. The number of tetrazole rings is 1. The molecule has 1 fully saturated rings. The van der Waals surface area contributed by atoms with Gasteiger partial charge in [0.25, 0.3) is 5.91 Å².